The molecule has 3 aliphatic rings. The van der Waals surface area contributed by atoms with E-state index in [1.54, 1.807) is 0 Å². The van der Waals surface area contributed by atoms with Crippen LogP contribution in [-0.4, -0.2) is 17.4 Å². The number of aliphatic imine (C=N–C) groups is 3. The molecule has 0 radical (unpaired) electrons. The van der Waals surface area contributed by atoms with Crippen LogP contribution in [0.4, 0.5) is 0 Å². The molecule has 0 spiro atoms. The van der Waals surface area contributed by atoms with Crippen molar-refractivity contribution in [3.8, 4) is 0 Å². The van der Waals surface area contributed by atoms with Crippen LogP contribution in [-0.2, 0) is 0 Å². The van der Waals surface area contributed by atoms with Crippen molar-refractivity contribution in [1.29, 1.82) is 0 Å². The van der Waals surface area contributed by atoms with Gasteiger partial charge in [0.25, 0.3) is 0 Å². The monoisotopic (exact) mass is 738 g/mol. The third kappa shape index (κ3) is 6.96. The first kappa shape index (κ1) is 34.6. The van der Waals surface area contributed by atoms with Gasteiger partial charge < -0.3 is 10.6 Å². The van der Waals surface area contributed by atoms with Crippen molar-refractivity contribution in [2.75, 3.05) is 0 Å². The smallest absolute Gasteiger partial charge is 0.129 e. The van der Waals surface area contributed by atoms with Crippen molar-refractivity contribution in [3.63, 3.8) is 0 Å². The molecular formula is C51H42N6. The number of benzene rings is 7. The lowest BCUT2D eigenvalue weighted by Crippen LogP contribution is -2.28. The predicted octanol–water partition coefficient (Wildman–Crippen LogP) is 10.2. The summed E-state index contributed by atoms with van der Waals surface area (Å²) < 4.78 is 0. The fourth-order valence-corrected chi connectivity index (χ4v) is 8.45. The Morgan fingerprint density at radius 1 is 0.333 bits per heavy atom. The van der Waals surface area contributed by atoms with Crippen LogP contribution in [0.1, 0.15) is 86.4 Å². The fraction of sp³-hybridized carbons (Fsp3) is 0.118. The van der Waals surface area contributed by atoms with Gasteiger partial charge in [0, 0.05) is 11.1 Å². The molecule has 276 valence electrons. The Hall–Kier alpha value is -6.89. The molecule has 0 saturated carbocycles. The average Bonchev–Trinajstić information content (AvgIpc) is 4.07. The van der Waals surface area contributed by atoms with Gasteiger partial charge in [-0.25, -0.2) is 0 Å². The molecule has 3 aliphatic heterocycles. The maximum Gasteiger partial charge on any atom is 0.129 e. The molecule has 0 saturated heterocycles. The Morgan fingerprint density at radius 3 is 1.16 bits per heavy atom. The first-order chi connectivity index (χ1) is 28.2. The number of nitrogens with one attached hydrogen (secondary N) is 3. The van der Waals surface area contributed by atoms with Gasteiger partial charge in [0.2, 0.25) is 0 Å². The Bertz CT molecular complexity index is 2430. The first-order valence-corrected chi connectivity index (χ1v) is 19.7. The van der Waals surface area contributed by atoms with Crippen molar-refractivity contribution in [2.45, 2.75) is 36.4 Å². The third-order valence-electron chi connectivity index (χ3n) is 11.2. The average molecular weight is 739 g/mol. The van der Waals surface area contributed by atoms with E-state index in [1.165, 1.54) is 27.8 Å². The summed E-state index contributed by atoms with van der Waals surface area (Å²) in [6, 6.07) is 70.0. The molecule has 0 bridgehead atoms. The quantitative estimate of drug-likeness (QED) is 0.138. The maximum atomic E-state index is 5.46. The van der Waals surface area contributed by atoms with Crippen molar-refractivity contribution in [2.24, 2.45) is 15.0 Å². The number of amidine groups is 2. The second-order valence-corrected chi connectivity index (χ2v) is 14.9. The summed E-state index contributed by atoms with van der Waals surface area (Å²) >= 11 is 0. The standard InChI is InChI=1S/C51H42N6/c1-7-19-34(20-8-1)43-44(35-21-9-2-10-22-35)53-49(52-43)40-31-41(50-54-45(36-23-11-3-12-24-36)46(55-50)37-25-13-4-14-26-37)33-42(32-40)51-56-47(38-27-15-5-16-28-38)48(57-51)39-29-17-6-18-30-39/h1-33,43-47,51,56H,(H,52,53)(H,54,55)/t43-,44-,45-,46-,47-,51?/m0/s1. The van der Waals surface area contributed by atoms with Crippen molar-refractivity contribution in [3.05, 3.63) is 250 Å². The molecule has 3 N–H and O–H groups in total. The number of rotatable bonds is 9. The Balaban J connectivity index is 1.11. The molecule has 10 rings (SSSR count). The highest BCUT2D eigenvalue weighted by atomic mass is 15.2. The lowest BCUT2D eigenvalue weighted by molar-refractivity contribution is 0.571. The summed E-state index contributed by atoms with van der Waals surface area (Å²) in [6.45, 7) is 0. The van der Waals surface area contributed by atoms with Crippen LogP contribution >= 0.6 is 0 Å². The van der Waals surface area contributed by atoms with Crippen LogP contribution < -0.4 is 16.0 Å². The number of nitrogens with zero attached hydrogens (tertiary/aromatic N) is 3. The van der Waals surface area contributed by atoms with Gasteiger partial charge in [0.05, 0.1) is 23.8 Å². The summed E-state index contributed by atoms with van der Waals surface area (Å²) in [6.07, 6.45) is -0.308. The predicted molar refractivity (Wildman–Crippen MR) is 231 cm³/mol. The second-order valence-electron chi connectivity index (χ2n) is 14.9. The Labute approximate surface area is 333 Å². The van der Waals surface area contributed by atoms with Crippen LogP contribution in [0.25, 0.3) is 0 Å². The minimum Gasteiger partial charge on any atom is -0.361 e. The highest BCUT2D eigenvalue weighted by Crippen LogP contribution is 2.40. The fourth-order valence-electron chi connectivity index (χ4n) is 8.45. The topological polar surface area (TPSA) is 73.2 Å². The van der Waals surface area contributed by atoms with Gasteiger partial charge in [0.15, 0.2) is 0 Å². The van der Waals surface area contributed by atoms with Crippen LogP contribution in [0.3, 0.4) is 0 Å². The Kier molecular flexibility index (Phi) is 9.30. The summed E-state index contributed by atoms with van der Waals surface area (Å²) in [5, 5.41) is 11.7. The minimum absolute atomic E-state index is 0.0302. The van der Waals surface area contributed by atoms with Crippen molar-refractivity contribution >= 4 is 17.4 Å². The number of hydrogen-bond donors (Lipinski definition) is 3. The summed E-state index contributed by atoms with van der Waals surface area (Å²) in [7, 11) is 0. The van der Waals surface area contributed by atoms with Gasteiger partial charge in [-0.1, -0.05) is 182 Å². The van der Waals surface area contributed by atoms with Gasteiger partial charge in [-0.15, -0.1) is 0 Å². The van der Waals surface area contributed by atoms with Crippen LogP contribution in [0, 0.1) is 0 Å². The van der Waals surface area contributed by atoms with Gasteiger partial charge in [0.1, 0.15) is 29.9 Å². The second kappa shape index (κ2) is 15.3. The zero-order valence-electron chi connectivity index (χ0n) is 31.4. The summed E-state index contributed by atoms with van der Waals surface area (Å²) in [5.74, 6) is 1.70. The molecule has 0 fully saturated rings. The molecule has 57 heavy (non-hydrogen) atoms. The molecule has 1 unspecified atom stereocenters. The molecule has 6 nitrogen and oxygen atoms in total. The summed E-state index contributed by atoms with van der Waals surface area (Å²) in [5.41, 5.74) is 11.1. The first-order valence-electron chi connectivity index (χ1n) is 19.7. The molecule has 6 heteroatoms. The number of hydrogen-bond acceptors (Lipinski definition) is 6. The van der Waals surface area contributed by atoms with E-state index >= 15 is 0 Å². The van der Waals surface area contributed by atoms with E-state index in [4.69, 9.17) is 15.0 Å². The molecular weight excluding hydrogens is 697 g/mol. The molecule has 0 amide bonds. The van der Waals surface area contributed by atoms with E-state index < -0.39 is 0 Å². The molecule has 7 aromatic rings. The highest BCUT2D eigenvalue weighted by molar-refractivity contribution is 6.07. The molecule has 7 aromatic carbocycles. The largest absolute Gasteiger partial charge is 0.361 e. The zero-order valence-corrected chi connectivity index (χ0v) is 31.4. The van der Waals surface area contributed by atoms with E-state index in [-0.39, 0.29) is 36.4 Å². The van der Waals surface area contributed by atoms with Crippen molar-refractivity contribution in [1.82, 2.24) is 16.0 Å². The normalized spacial score (nSPS) is 22.6. The highest BCUT2D eigenvalue weighted by Gasteiger charge is 2.36. The minimum atomic E-state index is -0.308. The van der Waals surface area contributed by atoms with E-state index in [0.717, 1.165) is 39.6 Å². The van der Waals surface area contributed by atoms with Crippen molar-refractivity contribution < 1.29 is 0 Å². The molecule has 0 aliphatic carbocycles. The van der Waals surface area contributed by atoms with Crippen LogP contribution in [0.15, 0.2) is 215 Å². The molecule has 6 atom stereocenters. The third-order valence-corrected chi connectivity index (χ3v) is 11.2. The van der Waals surface area contributed by atoms with Gasteiger partial charge in [-0.2, -0.15) is 0 Å². The lowest BCUT2D eigenvalue weighted by atomic mass is 9.95. The zero-order chi connectivity index (χ0) is 38.0. The lowest BCUT2D eigenvalue weighted by Gasteiger charge is -2.21. The van der Waals surface area contributed by atoms with Gasteiger partial charge in [-0.3, -0.25) is 20.3 Å². The molecule has 3 heterocycles. The maximum absolute atomic E-state index is 5.46. The van der Waals surface area contributed by atoms with E-state index in [0.29, 0.717) is 0 Å². The van der Waals surface area contributed by atoms with Gasteiger partial charge >= 0.3 is 0 Å². The van der Waals surface area contributed by atoms with E-state index in [1.807, 2.05) is 0 Å². The van der Waals surface area contributed by atoms with Crippen LogP contribution in [0.2, 0.25) is 0 Å². The summed E-state index contributed by atoms with van der Waals surface area (Å²) in [4.78, 5) is 16.4. The SMILES string of the molecule is c1ccc(C2=NC(c3cc(C4=N[C@@H](c5ccccc5)[C@H](c5ccccc5)N4)cc(C4=N[C@@H](c5ccccc5)[C@H](c5ccccc5)N4)c3)N[C@H]2c2ccccc2)cc1. The van der Waals surface area contributed by atoms with Gasteiger partial charge in [-0.05, 0) is 57.1 Å². The van der Waals surface area contributed by atoms with E-state index in [2.05, 4.69) is 216 Å². The van der Waals surface area contributed by atoms with Crippen LogP contribution in [0.5, 0.6) is 0 Å². The van der Waals surface area contributed by atoms with E-state index in [9.17, 15) is 0 Å². The molecule has 0 aromatic heterocycles. The Morgan fingerprint density at radius 2 is 0.719 bits per heavy atom.